The van der Waals surface area contributed by atoms with E-state index in [1.54, 1.807) is 0 Å². The molecule has 0 atom stereocenters. The van der Waals surface area contributed by atoms with Gasteiger partial charge in [-0.3, -0.25) is 0 Å². The molecule has 3 heteroatoms. The molecular weight excluding hydrogens is 637 g/mol. The molecule has 240 valence electrons. The SMILES string of the molecule is c1ccc(N(c2ccccc2)c2ccc(-c3ccc4c(c3)c3ccccc3n4-c3ccc(-c4cccc5c4sc4ccccc45)cc3)cc2)cc1. The molecule has 2 heterocycles. The van der Waals surface area contributed by atoms with Crippen LogP contribution in [0.4, 0.5) is 17.1 Å². The fraction of sp³-hybridized carbons (Fsp3) is 0. The Morgan fingerprint density at radius 3 is 1.69 bits per heavy atom. The molecule has 51 heavy (non-hydrogen) atoms. The van der Waals surface area contributed by atoms with Crippen molar-refractivity contribution >= 4 is 70.4 Å². The largest absolute Gasteiger partial charge is 0.311 e. The van der Waals surface area contributed by atoms with Crippen LogP contribution in [0.15, 0.2) is 194 Å². The summed E-state index contributed by atoms with van der Waals surface area (Å²) in [6.45, 7) is 0. The number of nitrogens with zero attached hydrogens (tertiary/aromatic N) is 2. The summed E-state index contributed by atoms with van der Waals surface area (Å²) in [7, 11) is 0. The summed E-state index contributed by atoms with van der Waals surface area (Å²) < 4.78 is 5.08. The average molecular weight is 669 g/mol. The van der Waals surface area contributed by atoms with Crippen LogP contribution in [0.2, 0.25) is 0 Å². The highest BCUT2D eigenvalue weighted by Gasteiger charge is 2.16. The molecule has 0 aliphatic carbocycles. The standard InChI is InChI=1S/C48H32N2S/c1-3-12-36(13-4-1)49(37-14-5-2-6-15-37)38-27-22-33(23-28-38)35-26-31-46-44(32-35)41-16-7-9-20-45(41)50(46)39-29-24-34(25-30-39)40-18-11-19-43-42-17-8-10-21-47(42)51-48(40)43/h1-32H. The number of thiophene rings is 1. The maximum absolute atomic E-state index is 2.40. The third-order valence-corrected chi connectivity index (χ3v) is 11.2. The first-order valence-electron chi connectivity index (χ1n) is 17.4. The summed E-state index contributed by atoms with van der Waals surface area (Å²) in [5.41, 5.74) is 11.9. The zero-order valence-corrected chi connectivity index (χ0v) is 28.6. The lowest BCUT2D eigenvalue weighted by atomic mass is 10.0. The van der Waals surface area contributed by atoms with E-state index in [4.69, 9.17) is 0 Å². The lowest BCUT2D eigenvalue weighted by molar-refractivity contribution is 1.18. The van der Waals surface area contributed by atoms with Crippen molar-refractivity contribution in [2.75, 3.05) is 4.90 Å². The molecule has 0 radical (unpaired) electrons. The minimum atomic E-state index is 1.13. The highest BCUT2D eigenvalue weighted by Crippen LogP contribution is 2.41. The second-order valence-corrected chi connectivity index (χ2v) is 14.0. The van der Waals surface area contributed by atoms with Gasteiger partial charge in [0.25, 0.3) is 0 Å². The third-order valence-electron chi connectivity index (χ3n) is 10.0. The predicted molar refractivity (Wildman–Crippen MR) is 219 cm³/mol. The first-order chi connectivity index (χ1) is 25.3. The van der Waals surface area contributed by atoms with E-state index < -0.39 is 0 Å². The van der Waals surface area contributed by atoms with E-state index in [2.05, 4.69) is 204 Å². The van der Waals surface area contributed by atoms with Crippen LogP contribution in [0.25, 0.3) is 69.9 Å². The minimum absolute atomic E-state index is 1.13. The van der Waals surface area contributed by atoms with E-state index in [1.165, 1.54) is 64.2 Å². The van der Waals surface area contributed by atoms with Crippen LogP contribution in [-0.4, -0.2) is 4.57 Å². The van der Waals surface area contributed by atoms with Crippen molar-refractivity contribution in [3.8, 4) is 27.9 Å². The minimum Gasteiger partial charge on any atom is -0.311 e. The van der Waals surface area contributed by atoms with Crippen LogP contribution in [-0.2, 0) is 0 Å². The third kappa shape index (κ3) is 5.01. The molecule has 2 nitrogen and oxygen atoms in total. The second-order valence-electron chi connectivity index (χ2n) is 13.0. The van der Waals surface area contributed by atoms with Crippen molar-refractivity contribution in [3.63, 3.8) is 0 Å². The van der Waals surface area contributed by atoms with Gasteiger partial charge in [0.05, 0.1) is 11.0 Å². The topological polar surface area (TPSA) is 8.17 Å². The summed E-state index contributed by atoms with van der Waals surface area (Å²) in [4.78, 5) is 2.30. The van der Waals surface area contributed by atoms with Gasteiger partial charge in [0.15, 0.2) is 0 Å². The Morgan fingerprint density at radius 2 is 0.941 bits per heavy atom. The summed E-state index contributed by atoms with van der Waals surface area (Å²) in [6.07, 6.45) is 0. The molecule has 0 bridgehead atoms. The van der Waals surface area contributed by atoms with Gasteiger partial charge in [-0.1, -0.05) is 121 Å². The smallest absolute Gasteiger partial charge is 0.0541 e. The van der Waals surface area contributed by atoms with E-state index in [-0.39, 0.29) is 0 Å². The predicted octanol–water partition coefficient (Wildman–Crippen LogP) is 14.0. The van der Waals surface area contributed by atoms with Crippen molar-refractivity contribution in [1.82, 2.24) is 4.57 Å². The molecule has 0 saturated heterocycles. The van der Waals surface area contributed by atoms with Gasteiger partial charge in [0.1, 0.15) is 0 Å². The number of fused-ring (bicyclic) bond motifs is 6. The van der Waals surface area contributed by atoms with Crippen LogP contribution in [0.5, 0.6) is 0 Å². The number of hydrogen-bond donors (Lipinski definition) is 0. The maximum atomic E-state index is 2.40. The van der Waals surface area contributed by atoms with Gasteiger partial charge in [-0.2, -0.15) is 0 Å². The Labute approximate surface area is 300 Å². The summed E-state index contributed by atoms with van der Waals surface area (Å²) >= 11 is 1.88. The van der Waals surface area contributed by atoms with Gasteiger partial charge in [0.2, 0.25) is 0 Å². The van der Waals surface area contributed by atoms with E-state index >= 15 is 0 Å². The van der Waals surface area contributed by atoms with Gasteiger partial charge in [-0.05, 0) is 95.1 Å². The molecule has 0 unspecified atom stereocenters. The number of aromatic nitrogens is 1. The normalized spacial score (nSPS) is 11.5. The molecule has 2 aromatic heterocycles. The Morgan fingerprint density at radius 1 is 0.373 bits per heavy atom. The van der Waals surface area contributed by atoms with Crippen LogP contribution in [0, 0.1) is 0 Å². The van der Waals surface area contributed by atoms with Gasteiger partial charge < -0.3 is 9.47 Å². The maximum Gasteiger partial charge on any atom is 0.0541 e. The van der Waals surface area contributed by atoms with Crippen LogP contribution in [0.1, 0.15) is 0 Å². The Bertz CT molecular complexity index is 2790. The Hall–Kier alpha value is -6.42. The van der Waals surface area contributed by atoms with Crippen LogP contribution < -0.4 is 4.90 Å². The summed E-state index contributed by atoms with van der Waals surface area (Å²) in [6, 6.07) is 70.2. The molecule has 0 N–H and O–H groups in total. The highest BCUT2D eigenvalue weighted by atomic mass is 32.1. The Balaban J connectivity index is 1.03. The van der Waals surface area contributed by atoms with Gasteiger partial charge in [-0.15, -0.1) is 11.3 Å². The fourth-order valence-corrected chi connectivity index (χ4v) is 8.84. The van der Waals surface area contributed by atoms with Crippen LogP contribution in [0.3, 0.4) is 0 Å². The van der Waals surface area contributed by atoms with Crippen molar-refractivity contribution in [3.05, 3.63) is 194 Å². The molecule has 0 saturated carbocycles. The first-order valence-corrected chi connectivity index (χ1v) is 18.2. The summed E-state index contributed by atoms with van der Waals surface area (Å²) in [5.74, 6) is 0. The fourth-order valence-electron chi connectivity index (χ4n) is 7.60. The van der Waals surface area contributed by atoms with Gasteiger partial charge in [-0.25, -0.2) is 0 Å². The molecule has 0 aliphatic rings. The number of para-hydroxylation sites is 3. The van der Waals surface area contributed by atoms with E-state index in [9.17, 15) is 0 Å². The van der Waals surface area contributed by atoms with E-state index in [0.717, 1.165) is 22.7 Å². The van der Waals surface area contributed by atoms with Crippen LogP contribution >= 0.6 is 11.3 Å². The zero-order valence-electron chi connectivity index (χ0n) is 27.8. The molecule has 0 spiro atoms. The quantitative estimate of drug-likeness (QED) is 0.171. The zero-order chi connectivity index (χ0) is 33.7. The molecule has 8 aromatic carbocycles. The number of benzene rings is 8. The number of anilines is 3. The first kappa shape index (κ1) is 29.5. The van der Waals surface area contributed by atoms with Gasteiger partial charge in [0, 0.05) is 53.7 Å². The van der Waals surface area contributed by atoms with E-state index in [0.29, 0.717) is 0 Å². The molecule has 10 aromatic rings. The molecule has 0 amide bonds. The molecular formula is C48H32N2S. The van der Waals surface area contributed by atoms with Crippen molar-refractivity contribution < 1.29 is 0 Å². The second kappa shape index (κ2) is 12.2. The van der Waals surface area contributed by atoms with Crippen molar-refractivity contribution in [1.29, 1.82) is 0 Å². The summed E-state index contributed by atoms with van der Waals surface area (Å²) in [5, 5.41) is 5.17. The van der Waals surface area contributed by atoms with Gasteiger partial charge >= 0.3 is 0 Å². The molecule has 10 rings (SSSR count). The molecule has 0 aliphatic heterocycles. The highest BCUT2D eigenvalue weighted by molar-refractivity contribution is 7.26. The average Bonchev–Trinajstić information content (AvgIpc) is 3.75. The van der Waals surface area contributed by atoms with Crippen molar-refractivity contribution in [2.45, 2.75) is 0 Å². The van der Waals surface area contributed by atoms with E-state index in [1.807, 2.05) is 11.3 Å². The molecule has 0 fully saturated rings. The lowest BCUT2D eigenvalue weighted by Gasteiger charge is -2.25. The Kier molecular flexibility index (Phi) is 7.04. The van der Waals surface area contributed by atoms with Crippen molar-refractivity contribution in [2.24, 2.45) is 0 Å². The number of hydrogen-bond acceptors (Lipinski definition) is 2. The monoisotopic (exact) mass is 668 g/mol. The number of rotatable bonds is 6. The lowest BCUT2D eigenvalue weighted by Crippen LogP contribution is -2.09.